The minimum atomic E-state index is -4.67. The molecule has 0 aliphatic heterocycles. The maximum absolute atomic E-state index is 15.3. The predicted molar refractivity (Wildman–Crippen MR) is 520 cm³/mol. The third-order valence-corrected chi connectivity index (χ3v) is 28.5. The van der Waals surface area contributed by atoms with Gasteiger partial charge in [-0.15, -0.1) is 51.0 Å². The van der Waals surface area contributed by atoms with Gasteiger partial charge in [-0.25, -0.2) is 35.1 Å². The van der Waals surface area contributed by atoms with E-state index in [1.165, 1.54) is 130 Å². The molecule has 20 aromatic heterocycles. The van der Waals surface area contributed by atoms with E-state index in [0.717, 1.165) is 86.7 Å². The fraction of sp³-hybridized carbons (Fsp3) is 0.202. The Bertz CT molecular complexity index is 9210. The second-order valence-corrected chi connectivity index (χ2v) is 38.9. The summed E-state index contributed by atoms with van der Waals surface area (Å²) in [5.41, 5.74) is 6.50. The molecular formula is C94H70F13N35S5. The van der Waals surface area contributed by atoms with Gasteiger partial charge in [-0.1, -0.05) is 96.5 Å². The van der Waals surface area contributed by atoms with E-state index in [4.69, 9.17) is 0 Å². The van der Waals surface area contributed by atoms with Crippen LogP contribution in [-0.2, 0) is 60.2 Å². The highest BCUT2D eigenvalue weighted by molar-refractivity contribution is 7.21. The van der Waals surface area contributed by atoms with Crippen molar-refractivity contribution in [1.29, 1.82) is 0 Å². The van der Waals surface area contributed by atoms with Crippen molar-refractivity contribution in [3.63, 3.8) is 0 Å². The molecule has 0 saturated heterocycles. The standard InChI is InChI=1S/C20H17F2N7S.2C19H15F2N7S.C18H10F5N7S.C18H13F2N7S/c1-10(2)18-13(9-28(3)26-18)19-27-29-16(24-25-20(29)30-19)7-12-14(21)8-15-11(17(12)22)5-4-6-23-15;2*1-9(15-13(20)7-14-11(16(15)21)5-4-6-22-14)17-23-24-19-28(17)26-18(29-19)12-8-27(3)25-10(12)2;1-29-7-10(15(27-29)18(21,22)23)16-28-30-13(25-26-17(30)31-16)5-9-11(19)6-12-8(14(9)20)3-2-4-24-12;1-10-13(9-26(2)24-10)15-25-27-16(22-23-17(27)28-15)18(19,20)12-5-6-14-11(8-12)4-3-7-21-14/h4-6,8-10H,7H2,1-3H3;2*4-9H,1-3H3;2-4,6-7H,5H2,1H3;3-9H,1-2H3/t;2*9-;;/m.10../s1. The minimum absolute atomic E-state index is 0.00947. The van der Waals surface area contributed by atoms with Crippen LogP contribution in [0.5, 0.6) is 0 Å². The second-order valence-electron chi connectivity index (χ2n) is 34.1. The van der Waals surface area contributed by atoms with Crippen LogP contribution in [0, 0.1) is 67.3 Å². The first kappa shape index (κ1) is 96.6. The number of rotatable bonds is 16. The summed E-state index contributed by atoms with van der Waals surface area (Å²) in [5, 5.41) is 87.8. The Balaban J connectivity index is 0.000000108. The van der Waals surface area contributed by atoms with Gasteiger partial charge < -0.3 is 0 Å². The Hall–Kier alpha value is -16.6. The van der Waals surface area contributed by atoms with Crippen LogP contribution < -0.4 is 0 Å². The van der Waals surface area contributed by atoms with Gasteiger partial charge in [0, 0.05) is 201 Å². The van der Waals surface area contributed by atoms with Crippen LogP contribution in [0.1, 0.15) is 131 Å². The molecule has 2 atom stereocenters. The number of halogens is 13. The Morgan fingerprint density at radius 3 is 1.09 bits per heavy atom. The molecule has 0 unspecified atom stereocenters. The first-order valence-electron chi connectivity index (χ1n) is 44.3. The number of nitrogens with zero attached hydrogens (tertiary/aromatic N) is 35. The molecule has 0 aliphatic carbocycles. The third-order valence-electron chi connectivity index (χ3n) is 23.8. The first-order valence-corrected chi connectivity index (χ1v) is 48.4. The molecule has 5 aromatic carbocycles. The van der Waals surface area contributed by atoms with Crippen molar-refractivity contribution in [2.75, 3.05) is 0 Å². The molecule has 20 heterocycles. The number of pyridine rings is 5. The third kappa shape index (κ3) is 17.9. The van der Waals surface area contributed by atoms with Crippen LogP contribution in [-0.4, -0.2) is 173 Å². The highest BCUT2D eigenvalue weighted by Crippen LogP contribution is 2.44. The van der Waals surface area contributed by atoms with Crippen LogP contribution in [0.15, 0.2) is 165 Å². The van der Waals surface area contributed by atoms with Gasteiger partial charge in [0.1, 0.15) is 46.5 Å². The minimum Gasteiger partial charge on any atom is -0.275 e. The van der Waals surface area contributed by atoms with Crippen molar-refractivity contribution in [2.45, 2.75) is 91.2 Å². The van der Waals surface area contributed by atoms with E-state index in [-0.39, 0.29) is 112 Å². The van der Waals surface area contributed by atoms with E-state index < -0.39 is 82.0 Å². The summed E-state index contributed by atoms with van der Waals surface area (Å²) in [4.78, 5) is 22.3. The fourth-order valence-corrected chi connectivity index (χ4v) is 21.3. The highest BCUT2D eigenvalue weighted by atomic mass is 32.1. The van der Waals surface area contributed by atoms with Gasteiger partial charge in [0.25, 0.3) is 0 Å². The van der Waals surface area contributed by atoms with Crippen molar-refractivity contribution in [3.8, 4) is 52.9 Å². The van der Waals surface area contributed by atoms with Gasteiger partial charge in [-0.3, -0.25) is 48.3 Å². The molecule has 147 heavy (non-hydrogen) atoms. The van der Waals surface area contributed by atoms with Crippen LogP contribution in [0.3, 0.4) is 0 Å². The van der Waals surface area contributed by atoms with E-state index in [0.29, 0.717) is 53.2 Å². The summed E-state index contributed by atoms with van der Waals surface area (Å²) < 4.78 is 204. The van der Waals surface area contributed by atoms with Crippen LogP contribution >= 0.6 is 56.7 Å². The number of aromatic nitrogens is 35. The first-order chi connectivity index (χ1) is 70.4. The Kier molecular flexibility index (Phi) is 24.9. The molecule has 0 N–H and O–H groups in total. The van der Waals surface area contributed by atoms with E-state index in [1.807, 2.05) is 60.5 Å². The molecular weight excluding hydrogens is 2030 g/mol. The normalized spacial score (nSPS) is 12.4. The maximum atomic E-state index is 15.3. The topological polar surface area (TPSA) is 369 Å². The number of aryl methyl sites for hydroxylation is 8. The lowest BCUT2D eigenvalue weighted by Gasteiger charge is -2.14. The van der Waals surface area contributed by atoms with E-state index >= 15 is 17.6 Å². The number of fused-ring (bicyclic) bond motifs is 10. The summed E-state index contributed by atoms with van der Waals surface area (Å²) in [6.45, 7) is 13.2. The number of alkyl halides is 5. The number of benzene rings is 5. The summed E-state index contributed by atoms with van der Waals surface area (Å²) in [5.74, 6) is -9.41. The number of hydrogen-bond donors (Lipinski definition) is 0. The Labute approximate surface area is 837 Å². The average molecular weight is 2100 g/mol. The zero-order chi connectivity index (χ0) is 103. The molecule has 53 heteroatoms. The molecule has 25 aromatic rings. The molecule has 0 spiro atoms. The van der Waals surface area contributed by atoms with E-state index in [2.05, 4.69) is 141 Å². The fourth-order valence-electron chi connectivity index (χ4n) is 16.9. The van der Waals surface area contributed by atoms with Crippen molar-refractivity contribution < 1.29 is 57.1 Å². The van der Waals surface area contributed by atoms with Crippen molar-refractivity contribution in [3.05, 3.63) is 297 Å². The summed E-state index contributed by atoms with van der Waals surface area (Å²) >= 11 is 6.12. The molecule has 0 saturated carbocycles. The zero-order valence-electron chi connectivity index (χ0n) is 78.3. The smallest absolute Gasteiger partial charge is 0.275 e. The van der Waals surface area contributed by atoms with Gasteiger partial charge in [-0.2, -0.15) is 95.5 Å². The van der Waals surface area contributed by atoms with Crippen LogP contribution in [0.2, 0.25) is 0 Å². The molecule has 742 valence electrons. The molecule has 0 radical (unpaired) electrons. The monoisotopic (exact) mass is 2100 g/mol. The van der Waals surface area contributed by atoms with Crippen molar-refractivity contribution in [1.82, 2.24) is 173 Å². The largest absolute Gasteiger partial charge is 0.435 e. The summed E-state index contributed by atoms with van der Waals surface area (Å²) in [6, 6.07) is 25.3. The van der Waals surface area contributed by atoms with Gasteiger partial charge in [0.15, 0.2) is 54.0 Å². The van der Waals surface area contributed by atoms with Crippen LogP contribution in [0.25, 0.3) is 132 Å². The highest BCUT2D eigenvalue weighted by Gasteiger charge is 2.43. The molecule has 35 nitrogen and oxygen atoms in total. The number of hydrogen-bond acceptors (Lipinski definition) is 30. The van der Waals surface area contributed by atoms with Gasteiger partial charge in [-0.05, 0) is 93.4 Å². The van der Waals surface area contributed by atoms with Crippen LogP contribution in [0.4, 0.5) is 57.1 Å². The molecule has 0 fully saturated rings. The van der Waals surface area contributed by atoms with Gasteiger partial charge in [0.05, 0.1) is 78.2 Å². The SMILES string of the molecule is CC(C)c1nn(C)cc1-c1nn2c(Cc3c(F)cc4ncccc4c3F)nnc2s1.Cc1nn(C)cc1-c1nn2c(C(F)(F)c3ccc4ncccc4c3)nnc2s1.Cc1nn(C)cc1-c1nn2c([C@@H](C)c3c(F)cc4ncccc4c3F)nnc2s1.Cc1nn(C)cc1-c1nn2c([C@H](C)c3c(F)cc4ncccc4c3F)nnc2s1.Cn1cc(-c2nn3c(Cc4c(F)cc5ncccc5c4F)nnc3s2)c(C(F)(F)F)n1. The zero-order valence-corrected chi connectivity index (χ0v) is 82.4. The summed E-state index contributed by atoms with van der Waals surface area (Å²) in [7, 11) is 8.70. The quantitative estimate of drug-likeness (QED) is 0.0811. The van der Waals surface area contributed by atoms with Gasteiger partial charge in [0.2, 0.25) is 30.6 Å². The maximum Gasteiger partial charge on any atom is 0.435 e. The Morgan fingerprint density at radius 1 is 0.327 bits per heavy atom. The lowest BCUT2D eigenvalue weighted by Crippen LogP contribution is -2.19. The molecule has 0 bridgehead atoms. The van der Waals surface area contributed by atoms with Crippen molar-refractivity contribution >= 4 is 136 Å². The average Bonchev–Trinajstić information content (AvgIpc) is 1.62. The van der Waals surface area contributed by atoms with E-state index in [1.54, 1.807) is 120 Å². The molecule has 25 rings (SSSR count). The Morgan fingerprint density at radius 2 is 0.667 bits per heavy atom. The second kappa shape index (κ2) is 37.9. The lowest BCUT2D eigenvalue weighted by atomic mass is 9.97. The molecule has 0 aliphatic rings. The van der Waals surface area contributed by atoms with E-state index in [9.17, 15) is 39.5 Å². The summed E-state index contributed by atoms with van der Waals surface area (Å²) in [6.07, 6.45) is 11.2. The molecule has 0 amide bonds. The lowest BCUT2D eigenvalue weighted by molar-refractivity contribution is -0.141. The van der Waals surface area contributed by atoms with Gasteiger partial charge >= 0.3 is 12.1 Å². The predicted octanol–water partition coefficient (Wildman–Crippen LogP) is 19.5. The van der Waals surface area contributed by atoms with Crippen molar-refractivity contribution in [2.24, 2.45) is 35.2 Å².